The molecule has 0 fully saturated rings. The number of ether oxygens (including phenoxy) is 2. The molecule has 2 aromatic carbocycles. The van der Waals surface area contributed by atoms with Gasteiger partial charge in [0.2, 0.25) is 0 Å². The first-order valence-corrected chi connectivity index (χ1v) is 11.1. The highest BCUT2D eigenvalue weighted by atomic mass is 32.1. The Hall–Kier alpha value is -3.00. The van der Waals surface area contributed by atoms with Crippen LogP contribution in [0.15, 0.2) is 42.5 Å². The van der Waals surface area contributed by atoms with E-state index in [2.05, 4.69) is 21.6 Å². The summed E-state index contributed by atoms with van der Waals surface area (Å²) in [5.74, 6) is 1.03. The number of methoxy groups -OCH3 is 1. The van der Waals surface area contributed by atoms with Gasteiger partial charge in [-0.3, -0.25) is 4.79 Å². The number of aromatic nitrogens is 2. The van der Waals surface area contributed by atoms with Gasteiger partial charge in [0.15, 0.2) is 17.3 Å². The molecular formula is C23H26FN3O3S. The van der Waals surface area contributed by atoms with Gasteiger partial charge in [-0.15, -0.1) is 0 Å². The van der Waals surface area contributed by atoms with Crippen molar-refractivity contribution in [2.24, 2.45) is 0 Å². The maximum absolute atomic E-state index is 13.1. The molecule has 3 aromatic rings. The molecule has 0 aliphatic heterocycles. The summed E-state index contributed by atoms with van der Waals surface area (Å²) in [4.78, 5) is 16.8. The zero-order valence-corrected chi connectivity index (χ0v) is 18.5. The van der Waals surface area contributed by atoms with E-state index in [0.717, 1.165) is 36.4 Å². The Morgan fingerprint density at radius 1 is 1.10 bits per heavy atom. The van der Waals surface area contributed by atoms with Crippen LogP contribution in [0.4, 0.5) is 4.39 Å². The summed E-state index contributed by atoms with van der Waals surface area (Å²) in [6, 6.07) is 11.2. The highest BCUT2D eigenvalue weighted by molar-refractivity contribution is 7.07. The van der Waals surface area contributed by atoms with Crippen molar-refractivity contribution in [3.8, 4) is 16.7 Å². The van der Waals surface area contributed by atoms with Crippen LogP contribution in [0.25, 0.3) is 0 Å². The first-order chi connectivity index (χ1) is 15.1. The predicted molar refractivity (Wildman–Crippen MR) is 119 cm³/mol. The molecule has 0 atom stereocenters. The number of carbonyl (C=O) groups is 1. The van der Waals surface area contributed by atoms with E-state index in [4.69, 9.17) is 9.47 Å². The Balaban J connectivity index is 1.65. The largest absolute Gasteiger partial charge is 0.493 e. The summed E-state index contributed by atoms with van der Waals surface area (Å²) >= 11 is 1.11. The Morgan fingerprint density at radius 3 is 2.65 bits per heavy atom. The smallest absolute Gasteiger partial charge is 0.298 e. The second-order valence-corrected chi connectivity index (χ2v) is 7.78. The zero-order chi connectivity index (χ0) is 22.1. The van der Waals surface area contributed by atoms with Gasteiger partial charge >= 0.3 is 0 Å². The number of amides is 1. The molecule has 0 bridgehead atoms. The van der Waals surface area contributed by atoms with Gasteiger partial charge in [-0.25, -0.2) is 4.39 Å². The first-order valence-electron chi connectivity index (χ1n) is 10.3. The molecule has 8 heteroatoms. The molecule has 0 aliphatic carbocycles. The number of carbonyl (C=O) groups excluding carboxylic acids is 1. The molecule has 6 nitrogen and oxygen atoms in total. The third-order valence-electron chi connectivity index (χ3n) is 4.66. The fraction of sp³-hybridized carbons (Fsp3) is 0.348. The Morgan fingerprint density at radius 2 is 1.90 bits per heavy atom. The molecule has 3 rings (SSSR count). The van der Waals surface area contributed by atoms with E-state index >= 15 is 0 Å². The molecule has 1 amide bonds. The summed E-state index contributed by atoms with van der Waals surface area (Å²) in [5.41, 5.74) is 1.39. The standard InChI is InChI=1S/C23H26FN3O3S/c1-3-4-5-6-13-25-22(28)17-9-12-19(29-2)20(15-17)30-23-26-21(27-31-23)14-16-7-10-18(24)11-8-16/h7-12,15H,3-6,13-14H2,1-2H3,(H,25,28). The highest BCUT2D eigenvalue weighted by Gasteiger charge is 2.14. The van der Waals surface area contributed by atoms with Crippen molar-refractivity contribution in [1.82, 2.24) is 14.7 Å². The second kappa shape index (κ2) is 11.4. The lowest BCUT2D eigenvalue weighted by Gasteiger charge is -2.10. The van der Waals surface area contributed by atoms with E-state index in [9.17, 15) is 9.18 Å². The Kier molecular flexibility index (Phi) is 8.35. The van der Waals surface area contributed by atoms with Gasteiger partial charge in [0.25, 0.3) is 11.1 Å². The second-order valence-electron chi connectivity index (χ2n) is 7.06. The maximum atomic E-state index is 13.1. The van der Waals surface area contributed by atoms with E-state index in [1.54, 1.807) is 30.3 Å². The van der Waals surface area contributed by atoms with Gasteiger partial charge < -0.3 is 14.8 Å². The highest BCUT2D eigenvalue weighted by Crippen LogP contribution is 2.33. The average Bonchev–Trinajstić information content (AvgIpc) is 3.21. The summed E-state index contributed by atoms with van der Waals surface area (Å²) in [6.07, 6.45) is 4.86. The molecule has 31 heavy (non-hydrogen) atoms. The topological polar surface area (TPSA) is 73.3 Å². The van der Waals surface area contributed by atoms with Crippen molar-refractivity contribution in [3.05, 3.63) is 65.2 Å². The van der Waals surface area contributed by atoms with Crippen LogP contribution in [0.2, 0.25) is 0 Å². The number of hydrogen-bond donors (Lipinski definition) is 1. The van der Waals surface area contributed by atoms with Crippen LogP contribution in [-0.4, -0.2) is 28.9 Å². The predicted octanol–water partition coefficient (Wildman–Crippen LogP) is 5.38. The fourth-order valence-corrected chi connectivity index (χ4v) is 3.55. The van der Waals surface area contributed by atoms with Crippen LogP contribution >= 0.6 is 11.5 Å². The minimum atomic E-state index is -0.281. The van der Waals surface area contributed by atoms with Crippen LogP contribution in [0.5, 0.6) is 16.7 Å². The lowest BCUT2D eigenvalue weighted by atomic mass is 10.1. The number of nitrogens with one attached hydrogen (secondary N) is 1. The van der Waals surface area contributed by atoms with Crippen molar-refractivity contribution in [2.45, 2.75) is 39.0 Å². The summed E-state index contributed by atoms with van der Waals surface area (Å²) < 4.78 is 28.6. The molecule has 0 spiro atoms. The van der Waals surface area contributed by atoms with Crippen LogP contribution in [0.1, 0.15) is 54.4 Å². The van der Waals surface area contributed by atoms with Gasteiger partial charge in [0, 0.05) is 30.1 Å². The number of rotatable bonds is 11. The molecule has 1 N–H and O–H groups in total. The Bertz CT molecular complexity index is 992. The van der Waals surface area contributed by atoms with Gasteiger partial charge in [0.05, 0.1) is 7.11 Å². The van der Waals surface area contributed by atoms with Gasteiger partial charge in [-0.05, 0) is 42.3 Å². The molecular weight excluding hydrogens is 417 g/mol. The van der Waals surface area contributed by atoms with Crippen molar-refractivity contribution in [1.29, 1.82) is 0 Å². The van der Waals surface area contributed by atoms with E-state index in [-0.39, 0.29) is 11.7 Å². The molecule has 0 saturated carbocycles. The minimum Gasteiger partial charge on any atom is -0.493 e. The number of halogens is 1. The zero-order valence-electron chi connectivity index (χ0n) is 17.7. The molecule has 0 unspecified atom stereocenters. The van der Waals surface area contributed by atoms with Crippen molar-refractivity contribution >= 4 is 17.4 Å². The molecule has 164 valence electrons. The molecule has 1 heterocycles. The van der Waals surface area contributed by atoms with Crippen LogP contribution in [0.3, 0.4) is 0 Å². The third-order valence-corrected chi connectivity index (χ3v) is 5.30. The fourth-order valence-electron chi connectivity index (χ4n) is 2.98. The quantitative estimate of drug-likeness (QED) is 0.403. The summed E-state index contributed by atoms with van der Waals surface area (Å²) in [7, 11) is 1.54. The number of unbranched alkanes of at least 4 members (excludes halogenated alkanes) is 3. The van der Waals surface area contributed by atoms with Crippen LogP contribution in [-0.2, 0) is 6.42 Å². The van der Waals surface area contributed by atoms with E-state index in [1.165, 1.54) is 25.7 Å². The molecule has 0 radical (unpaired) electrons. The number of hydrogen-bond acceptors (Lipinski definition) is 6. The van der Waals surface area contributed by atoms with Gasteiger partial charge in [-0.1, -0.05) is 38.3 Å². The molecule has 1 aromatic heterocycles. The molecule has 0 saturated heterocycles. The van der Waals surface area contributed by atoms with Crippen LogP contribution < -0.4 is 14.8 Å². The monoisotopic (exact) mass is 443 g/mol. The van der Waals surface area contributed by atoms with E-state index in [0.29, 0.717) is 41.0 Å². The minimum absolute atomic E-state index is 0.154. The van der Waals surface area contributed by atoms with Crippen molar-refractivity contribution in [3.63, 3.8) is 0 Å². The van der Waals surface area contributed by atoms with E-state index in [1.807, 2.05) is 0 Å². The maximum Gasteiger partial charge on any atom is 0.298 e. The summed E-state index contributed by atoms with van der Waals surface area (Å²) in [6.45, 7) is 2.80. The third kappa shape index (κ3) is 6.75. The molecule has 0 aliphatic rings. The SMILES string of the molecule is CCCCCCNC(=O)c1ccc(OC)c(Oc2nc(Cc3ccc(F)cc3)ns2)c1. The van der Waals surface area contributed by atoms with E-state index < -0.39 is 0 Å². The number of benzene rings is 2. The average molecular weight is 444 g/mol. The van der Waals surface area contributed by atoms with Crippen LogP contribution in [0, 0.1) is 5.82 Å². The normalized spacial score (nSPS) is 10.7. The van der Waals surface area contributed by atoms with Crippen molar-refractivity contribution in [2.75, 3.05) is 13.7 Å². The number of nitrogens with zero attached hydrogens (tertiary/aromatic N) is 2. The summed E-state index contributed by atoms with van der Waals surface area (Å²) in [5, 5.41) is 3.27. The van der Waals surface area contributed by atoms with Crippen molar-refractivity contribution < 1.29 is 18.7 Å². The Labute approximate surface area is 185 Å². The lowest BCUT2D eigenvalue weighted by Crippen LogP contribution is -2.24. The first kappa shape index (κ1) is 22.7. The van der Waals surface area contributed by atoms with Gasteiger partial charge in [-0.2, -0.15) is 9.36 Å². The lowest BCUT2D eigenvalue weighted by molar-refractivity contribution is 0.0952. The van der Waals surface area contributed by atoms with Gasteiger partial charge in [0.1, 0.15) is 5.82 Å².